The number of rotatable bonds is 6. The van der Waals surface area contributed by atoms with Gasteiger partial charge in [0, 0.05) is 19.4 Å². The van der Waals surface area contributed by atoms with Crippen LogP contribution in [0.15, 0.2) is 16.5 Å². The minimum atomic E-state index is -0.484. The van der Waals surface area contributed by atoms with E-state index in [1.807, 2.05) is 6.92 Å². The summed E-state index contributed by atoms with van der Waals surface area (Å²) in [5.74, 6) is 0.791. The molecule has 0 spiro atoms. The van der Waals surface area contributed by atoms with Crippen LogP contribution in [0.1, 0.15) is 58.8 Å². The molecule has 2 aliphatic rings. The molecule has 112 valence electrons. The average molecular weight is 280 g/mol. The zero-order valence-electron chi connectivity index (χ0n) is 12.4. The summed E-state index contributed by atoms with van der Waals surface area (Å²) in [6, 6.07) is 0. The SMILES string of the molecule is CCCCCCCC1=C(C)C(=O)N2CC/C(=N\O)C2O1. The van der Waals surface area contributed by atoms with Crippen molar-refractivity contribution < 1.29 is 14.7 Å². The number of carbonyl (C=O) groups is 1. The minimum Gasteiger partial charge on any atom is -0.469 e. The van der Waals surface area contributed by atoms with Crippen LogP contribution in [0.4, 0.5) is 0 Å². The predicted molar refractivity (Wildman–Crippen MR) is 76.5 cm³/mol. The Morgan fingerprint density at radius 2 is 2.10 bits per heavy atom. The molecule has 0 aromatic carbocycles. The van der Waals surface area contributed by atoms with E-state index in [2.05, 4.69) is 12.1 Å². The Morgan fingerprint density at radius 3 is 2.80 bits per heavy atom. The topological polar surface area (TPSA) is 62.1 Å². The van der Waals surface area contributed by atoms with Crippen LogP contribution in [0.2, 0.25) is 0 Å². The molecule has 0 aromatic heterocycles. The van der Waals surface area contributed by atoms with Gasteiger partial charge < -0.3 is 9.94 Å². The lowest BCUT2D eigenvalue weighted by atomic mass is 10.1. The van der Waals surface area contributed by atoms with Crippen molar-refractivity contribution in [3.8, 4) is 0 Å². The van der Waals surface area contributed by atoms with Crippen molar-refractivity contribution in [2.24, 2.45) is 5.16 Å². The number of allylic oxidation sites excluding steroid dienone is 1. The highest BCUT2D eigenvalue weighted by molar-refractivity contribution is 6.01. The number of carbonyl (C=O) groups excluding carboxylic acids is 1. The summed E-state index contributed by atoms with van der Waals surface area (Å²) in [7, 11) is 0. The lowest BCUT2D eigenvalue weighted by Crippen LogP contribution is -2.44. The summed E-state index contributed by atoms with van der Waals surface area (Å²) in [4.78, 5) is 13.9. The number of fused-ring (bicyclic) bond motifs is 1. The van der Waals surface area contributed by atoms with E-state index in [0.29, 0.717) is 24.3 Å². The number of hydrogen-bond donors (Lipinski definition) is 1. The highest BCUT2D eigenvalue weighted by atomic mass is 16.5. The molecule has 1 fully saturated rings. The van der Waals surface area contributed by atoms with E-state index >= 15 is 0 Å². The molecule has 0 saturated carbocycles. The zero-order chi connectivity index (χ0) is 14.5. The fourth-order valence-corrected chi connectivity index (χ4v) is 2.79. The maximum Gasteiger partial charge on any atom is 0.256 e. The van der Waals surface area contributed by atoms with Crippen molar-refractivity contribution in [1.29, 1.82) is 0 Å². The maximum absolute atomic E-state index is 12.3. The van der Waals surface area contributed by atoms with E-state index in [1.165, 1.54) is 19.3 Å². The predicted octanol–water partition coefficient (Wildman–Crippen LogP) is 3.04. The Balaban J connectivity index is 1.96. The summed E-state index contributed by atoms with van der Waals surface area (Å²) < 4.78 is 5.90. The van der Waals surface area contributed by atoms with Gasteiger partial charge in [-0.2, -0.15) is 0 Å². The highest BCUT2D eigenvalue weighted by Crippen LogP contribution is 2.30. The van der Waals surface area contributed by atoms with Crippen molar-refractivity contribution >= 4 is 11.6 Å². The third kappa shape index (κ3) is 2.97. The quantitative estimate of drug-likeness (QED) is 0.462. The first-order chi connectivity index (χ1) is 9.69. The Hall–Kier alpha value is -1.52. The zero-order valence-corrected chi connectivity index (χ0v) is 12.4. The first kappa shape index (κ1) is 14.9. The molecule has 0 aromatic rings. The van der Waals surface area contributed by atoms with Crippen molar-refractivity contribution in [3.05, 3.63) is 11.3 Å². The second-order valence-corrected chi connectivity index (χ2v) is 5.52. The third-order valence-corrected chi connectivity index (χ3v) is 4.07. The average Bonchev–Trinajstić information content (AvgIpc) is 2.86. The number of oxime groups is 1. The third-order valence-electron chi connectivity index (χ3n) is 4.07. The molecule has 0 aliphatic carbocycles. The normalized spacial score (nSPS) is 24.3. The molecular formula is C15H24N2O3. The monoisotopic (exact) mass is 280 g/mol. The minimum absolute atomic E-state index is 0.0171. The van der Waals surface area contributed by atoms with Crippen LogP contribution in [0, 0.1) is 0 Å². The molecule has 1 atom stereocenters. The lowest BCUT2D eigenvalue weighted by molar-refractivity contribution is -0.136. The maximum atomic E-state index is 12.3. The van der Waals surface area contributed by atoms with Gasteiger partial charge in [-0.3, -0.25) is 9.69 Å². The van der Waals surface area contributed by atoms with Crippen molar-refractivity contribution in [2.45, 2.75) is 65.0 Å². The Morgan fingerprint density at radius 1 is 1.35 bits per heavy atom. The molecule has 0 radical (unpaired) electrons. The number of hydrogen-bond acceptors (Lipinski definition) is 4. The Kier molecular flexibility index (Phi) is 5.04. The molecule has 20 heavy (non-hydrogen) atoms. The van der Waals surface area contributed by atoms with Crippen LogP contribution < -0.4 is 0 Å². The van der Waals surface area contributed by atoms with Crippen LogP contribution in [0.25, 0.3) is 0 Å². The van der Waals surface area contributed by atoms with Crippen LogP contribution in [0.3, 0.4) is 0 Å². The van der Waals surface area contributed by atoms with E-state index in [1.54, 1.807) is 4.90 Å². The highest BCUT2D eigenvalue weighted by Gasteiger charge is 2.41. The van der Waals surface area contributed by atoms with Gasteiger partial charge in [-0.15, -0.1) is 0 Å². The van der Waals surface area contributed by atoms with Gasteiger partial charge >= 0.3 is 0 Å². The van der Waals surface area contributed by atoms with Gasteiger partial charge in [0.2, 0.25) is 6.23 Å². The van der Waals surface area contributed by atoms with E-state index in [0.717, 1.165) is 25.0 Å². The second kappa shape index (κ2) is 6.77. The molecule has 5 heteroatoms. The van der Waals surface area contributed by atoms with E-state index in [4.69, 9.17) is 9.94 Å². The Labute approximate surface area is 120 Å². The van der Waals surface area contributed by atoms with Gasteiger partial charge in [0.15, 0.2) is 0 Å². The van der Waals surface area contributed by atoms with Gasteiger partial charge in [0.05, 0.1) is 5.57 Å². The molecular weight excluding hydrogens is 256 g/mol. The molecule has 2 aliphatic heterocycles. The van der Waals surface area contributed by atoms with Crippen molar-refractivity contribution in [2.75, 3.05) is 6.54 Å². The van der Waals surface area contributed by atoms with Gasteiger partial charge in [0.1, 0.15) is 11.5 Å². The molecule has 0 bridgehead atoms. The largest absolute Gasteiger partial charge is 0.469 e. The summed E-state index contributed by atoms with van der Waals surface area (Å²) in [6.07, 6.45) is 6.82. The molecule has 2 rings (SSSR count). The molecule has 1 unspecified atom stereocenters. The smallest absolute Gasteiger partial charge is 0.256 e. The number of unbranched alkanes of at least 4 members (excludes halogenated alkanes) is 4. The molecule has 1 amide bonds. The number of amides is 1. The summed E-state index contributed by atoms with van der Waals surface area (Å²) in [5, 5.41) is 12.2. The molecule has 1 N–H and O–H groups in total. The molecule has 5 nitrogen and oxygen atoms in total. The van der Waals surface area contributed by atoms with E-state index in [9.17, 15) is 4.79 Å². The van der Waals surface area contributed by atoms with Gasteiger partial charge in [-0.25, -0.2) is 0 Å². The fourth-order valence-electron chi connectivity index (χ4n) is 2.79. The van der Waals surface area contributed by atoms with Crippen molar-refractivity contribution in [3.63, 3.8) is 0 Å². The molecule has 2 heterocycles. The van der Waals surface area contributed by atoms with Crippen LogP contribution in [-0.4, -0.2) is 34.5 Å². The van der Waals surface area contributed by atoms with Gasteiger partial charge in [-0.05, 0) is 13.3 Å². The number of ether oxygens (including phenoxy) is 1. The first-order valence-electron chi connectivity index (χ1n) is 7.57. The van der Waals surface area contributed by atoms with E-state index < -0.39 is 6.23 Å². The summed E-state index contributed by atoms with van der Waals surface area (Å²) >= 11 is 0. The standard InChI is InChI=1S/C15H24N2O3/c1-3-4-5-6-7-8-13-11(2)14(18)17-10-9-12(16-19)15(17)20-13/h15,19H,3-10H2,1-2H3/b16-12+. The Bertz CT molecular complexity index is 429. The van der Waals surface area contributed by atoms with Crippen LogP contribution in [-0.2, 0) is 9.53 Å². The van der Waals surface area contributed by atoms with E-state index in [-0.39, 0.29) is 5.91 Å². The first-order valence-corrected chi connectivity index (χ1v) is 7.57. The fraction of sp³-hybridized carbons (Fsp3) is 0.733. The summed E-state index contributed by atoms with van der Waals surface area (Å²) in [5.41, 5.74) is 1.25. The van der Waals surface area contributed by atoms with Crippen LogP contribution in [0.5, 0.6) is 0 Å². The lowest BCUT2D eigenvalue weighted by Gasteiger charge is -2.32. The second-order valence-electron chi connectivity index (χ2n) is 5.52. The summed E-state index contributed by atoms with van der Waals surface area (Å²) in [6.45, 7) is 4.60. The molecule has 1 saturated heterocycles. The van der Waals surface area contributed by atoms with Crippen LogP contribution >= 0.6 is 0 Å². The van der Waals surface area contributed by atoms with Gasteiger partial charge in [-0.1, -0.05) is 37.8 Å². The number of nitrogens with zero attached hydrogens (tertiary/aromatic N) is 2. The van der Waals surface area contributed by atoms with Gasteiger partial charge in [0.25, 0.3) is 5.91 Å². The van der Waals surface area contributed by atoms with Crippen molar-refractivity contribution in [1.82, 2.24) is 4.90 Å².